The van der Waals surface area contributed by atoms with Crippen molar-refractivity contribution >= 4 is 5.91 Å². The molecule has 5 heteroatoms. The highest BCUT2D eigenvalue weighted by Crippen LogP contribution is 2.45. The van der Waals surface area contributed by atoms with Crippen molar-refractivity contribution in [2.75, 3.05) is 20.2 Å². The Labute approximate surface area is 148 Å². The van der Waals surface area contributed by atoms with E-state index >= 15 is 0 Å². The Kier molecular flexibility index (Phi) is 4.36. The molecule has 1 aromatic carbocycles. The molecule has 1 aliphatic carbocycles. The number of carbonyl (C=O) groups excluding carboxylic acids is 1. The number of aliphatic hydroxyl groups excluding tert-OH is 1. The van der Waals surface area contributed by atoms with E-state index in [0.717, 1.165) is 50.1 Å². The first-order valence-corrected chi connectivity index (χ1v) is 9.44. The molecule has 0 unspecified atom stereocenters. The van der Waals surface area contributed by atoms with Crippen molar-refractivity contribution in [1.82, 2.24) is 4.90 Å². The monoisotopic (exact) mass is 345 g/mol. The Morgan fingerprint density at radius 1 is 1.28 bits per heavy atom. The van der Waals surface area contributed by atoms with E-state index in [-0.39, 0.29) is 11.5 Å². The number of ether oxygens (including phenoxy) is 2. The highest BCUT2D eigenvalue weighted by Gasteiger charge is 2.44. The Morgan fingerprint density at radius 3 is 2.68 bits per heavy atom. The normalized spacial score (nSPS) is 25.5. The number of hydrogen-bond donors (Lipinski definition) is 1. The first kappa shape index (κ1) is 16.7. The van der Waals surface area contributed by atoms with Crippen LogP contribution < -0.4 is 9.47 Å². The number of carbonyl (C=O) groups is 1. The quantitative estimate of drug-likeness (QED) is 0.895. The molecule has 5 nitrogen and oxygen atoms in total. The summed E-state index contributed by atoms with van der Waals surface area (Å²) in [6.07, 6.45) is 6.08. The molecule has 1 aromatic rings. The van der Waals surface area contributed by atoms with Crippen LogP contribution in [0, 0.1) is 5.92 Å². The van der Waals surface area contributed by atoms with E-state index in [1.54, 1.807) is 7.11 Å². The molecule has 2 heterocycles. The lowest BCUT2D eigenvalue weighted by Gasteiger charge is -2.46. The van der Waals surface area contributed by atoms with Crippen molar-refractivity contribution in [2.24, 2.45) is 5.92 Å². The van der Waals surface area contributed by atoms with E-state index in [0.29, 0.717) is 18.1 Å². The molecule has 1 saturated heterocycles. The predicted molar refractivity (Wildman–Crippen MR) is 93.7 cm³/mol. The van der Waals surface area contributed by atoms with E-state index in [2.05, 4.69) is 0 Å². The van der Waals surface area contributed by atoms with E-state index < -0.39 is 6.10 Å². The van der Waals surface area contributed by atoms with Crippen molar-refractivity contribution in [3.63, 3.8) is 0 Å². The third-order valence-electron chi connectivity index (χ3n) is 6.16. The molecule has 2 aliphatic heterocycles. The largest absolute Gasteiger partial charge is 0.497 e. The number of amides is 1. The van der Waals surface area contributed by atoms with Crippen molar-refractivity contribution in [3.8, 4) is 11.5 Å². The van der Waals surface area contributed by atoms with Gasteiger partial charge in [0.1, 0.15) is 17.1 Å². The van der Waals surface area contributed by atoms with Gasteiger partial charge < -0.3 is 19.5 Å². The summed E-state index contributed by atoms with van der Waals surface area (Å²) >= 11 is 0. The lowest BCUT2D eigenvalue weighted by atomic mass is 9.81. The third kappa shape index (κ3) is 3.10. The standard InChI is InChI=1S/C20H27NO4/c1-24-15-6-7-16-17(22)13-20(25-18(16)12-15)8-10-21(11-9-20)19(23)14-4-2-3-5-14/h6-7,12,14,17,22H,2-5,8-11,13H2,1H3/t17-/m1/s1. The van der Waals surface area contributed by atoms with Gasteiger partial charge >= 0.3 is 0 Å². The van der Waals surface area contributed by atoms with Crippen LogP contribution in [0.3, 0.4) is 0 Å². The second-order valence-corrected chi connectivity index (χ2v) is 7.72. The molecule has 1 saturated carbocycles. The van der Waals surface area contributed by atoms with Gasteiger partial charge in [0.25, 0.3) is 0 Å². The van der Waals surface area contributed by atoms with Gasteiger partial charge in [0.2, 0.25) is 5.91 Å². The highest BCUT2D eigenvalue weighted by atomic mass is 16.5. The van der Waals surface area contributed by atoms with Gasteiger partial charge in [-0.15, -0.1) is 0 Å². The molecule has 136 valence electrons. The van der Waals surface area contributed by atoms with Gasteiger partial charge in [-0.05, 0) is 25.0 Å². The second kappa shape index (κ2) is 6.52. The fraction of sp³-hybridized carbons (Fsp3) is 0.650. The topological polar surface area (TPSA) is 59.0 Å². The molecule has 3 aliphatic rings. The summed E-state index contributed by atoms with van der Waals surface area (Å²) in [6.45, 7) is 1.45. The number of benzene rings is 1. The molecule has 2 fully saturated rings. The van der Waals surface area contributed by atoms with Gasteiger partial charge in [-0.25, -0.2) is 0 Å². The van der Waals surface area contributed by atoms with Crippen molar-refractivity contribution in [3.05, 3.63) is 23.8 Å². The number of aliphatic hydroxyl groups is 1. The number of hydrogen-bond acceptors (Lipinski definition) is 4. The van der Waals surface area contributed by atoms with Crippen LogP contribution in [0.1, 0.15) is 56.6 Å². The van der Waals surface area contributed by atoms with Gasteiger partial charge in [0.05, 0.1) is 13.2 Å². The summed E-state index contributed by atoms with van der Waals surface area (Å²) in [5.41, 5.74) is 0.460. The molecule has 0 radical (unpaired) electrons. The number of piperidine rings is 1. The molecule has 4 rings (SSSR count). The van der Waals surface area contributed by atoms with Crippen LogP contribution >= 0.6 is 0 Å². The highest BCUT2D eigenvalue weighted by molar-refractivity contribution is 5.79. The Morgan fingerprint density at radius 2 is 2.00 bits per heavy atom. The maximum Gasteiger partial charge on any atom is 0.225 e. The predicted octanol–water partition coefficient (Wildman–Crippen LogP) is 3.06. The maximum absolute atomic E-state index is 12.6. The van der Waals surface area contributed by atoms with Gasteiger partial charge in [-0.1, -0.05) is 12.8 Å². The number of methoxy groups -OCH3 is 1. The van der Waals surface area contributed by atoms with Crippen LogP contribution in [-0.4, -0.2) is 41.7 Å². The SMILES string of the molecule is COc1ccc2c(c1)OC1(CCN(C(=O)C3CCCC3)CC1)C[C@H]2O. The van der Waals surface area contributed by atoms with Gasteiger partial charge in [-0.2, -0.15) is 0 Å². The Hall–Kier alpha value is -1.75. The minimum atomic E-state index is -0.522. The summed E-state index contributed by atoms with van der Waals surface area (Å²) < 4.78 is 11.6. The Balaban J connectivity index is 1.46. The lowest BCUT2D eigenvalue weighted by Crippen LogP contribution is -2.52. The number of rotatable bonds is 2. The zero-order valence-electron chi connectivity index (χ0n) is 14.9. The van der Waals surface area contributed by atoms with E-state index in [9.17, 15) is 9.90 Å². The van der Waals surface area contributed by atoms with Gasteiger partial charge in [-0.3, -0.25) is 4.79 Å². The summed E-state index contributed by atoms with van der Waals surface area (Å²) in [6, 6.07) is 5.59. The number of likely N-dealkylation sites (tertiary alicyclic amines) is 1. The van der Waals surface area contributed by atoms with Crippen molar-refractivity contribution < 1.29 is 19.4 Å². The average Bonchev–Trinajstić information content (AvgIpc) is 3.16. The Bertz CT molecular complexity index is 645. The molecule has 1 atom stereocenters. The zero-order valence-corrected chi connectivity index (χ0v) is 14.9. The summed E-state index contributed by atoms with van der Waals surface area (Å²) in [5, 5.41) is 10.6. The first-order chi connectivity index (χ1) is 12.1. The smallest absolute Gasteiger partial charge is 0.225 e. The van der Waals surface area contributed by atoms with Crippen LogP contribution in [0.15, 0.2) is 18.2 Å². The minimum Gasteiger partial charge on any atom is -0.497 e. The van der Waals surface area contributed by atoms with E-state index in [1.165, 1.54) is 12.8 Å². The molecular weight excluding hydrogens is 318 g/mol. The van der Waals surface area contributed by atoms with E-state index in [4.69, 9.17) is 9.47 Å². The summed E-state index contributed by atoms with van der Waals surface area (Å²) in [5.74, 6) is 2.01. The van der Waals surface area contributed by atoms with Crippen LogP contribution in [0.2, 0.25) is 0 Å². The van der Waals surface area contributed by atoms with Crippen LogP contribution in [0.5, 0.6) is 11.5 Å². The fourth-order valence-corrected chi connectivity index (χ4v) is 4.61. The summed E-state index contributed by atoms with van der Waals surface area (Å²) in [7, 11) is 1.63. The molecule has 25 heavy (non-hydrogen) atoms. The number of nitrogens with zero attached hydrogens (tertiary/aromatic N) is 1. The molecular formula is C20H27NO4. The summed E-state index contributed by atoms with van der Waals surface area (Å²) in [4.78, 5) is 14.6. The lowest BCUT2D eigenvalue weighted by molar-refractivity contribution is -0.140. The zero-order chi connectivity index (χ0) is 17.4. The van der Waals surface area contributed by atoms with Crippen molar-refractivity contribution in [2.45, 2.75) is 56.7 Å². The maximum atomic E-state index is 12.6. The average molecular weight is 345 g/mol. The molecule has 1 N–H and O–H groups in total. The number of fused-ring (bicyclic) bond motifs is 1. The van der Waals surface area contributed by atoms with Crippen LogP contribution in [-0.2, 0) is 4.79 Å². The van der Waals surface area contributed by atoms with Crippen LogP contribution in [0.25, 0.3) is 0 Å². The third-order valence-corrected chi connectivity index (χ3v) is 6.16. The molecule has 0 bridgehead atoms. The van der Waals surface area contributed by atoms with Crippen molar-refractivity contribution in [1.29, 1.82) is 0 Å². The second-order valence-electron chi connectivity index (χ2n) is 7.72. The first-order valence-electron chi connectivity index (χ1n) is 9.44. The molecule has 1 amide bonds. The van der Waals surface area contributed by atoms with Gasteiger partial charge in [0, 0.05) is 49.9 Å². The minimum absolute atomic E-state index is 0.233. The molecule has 1 spiro atoms. The van der Waals surface area contributed by atoms with E-state index in [1.807, 2.05) is 23.1 Å². The van der Waals surface area contributed by atoms with Crippen LogP contribution in [0.4, 0.5) is 0 Å². The fourth-order valence-electron chi connectivity index (χ4n) is 4.61. The molecule has 0 aromatic heterocycles. The van der Waals surface area contributed by atoms with Gasteiger partial charge in [0.15, 0.2) is 0 Å².